The second-order valence-corrected chi connectivity index (χ2v) is 5.41. The Hall–Kier alpha value is -1.76. The van der Waals surface area contributed by atoms with Gasteiger partial charge in [-0.05, 0) is 19.0 Å². The number of hydrogen-bond donors (Lipinski definition) is 1. The van der Waals surface area contributed by atoms with Crippen molar-refractivity contribution < 1.29 is 9.26 Å². The number of ether oxygens (including phenoxy) is 1. The van der Waals surface area contributed by atoms with Crippen molar-refractivity contribution in [2.24, 2.45) is 5.73 Å². The minimum absolute atomic E-state index is 0.134. The van der Waals surface area contributed by atoms with Crippen LogP contribution in [0.15, 0.2) is 34.9 Å². The van der Waals surface area contributed by atoms with Crippen molar-refractivity contribution >= 4 is 0 Å². The molecule has 0 amide bonds. The summed E-state index contributed by atoms with van der Waals surface area (Å²) < 4.78 is 11.0. The van der Waals surface area contributed by atoms with Crippen LogP contribution in [0, 0.1) is 0 Å². The number of nitrogens with two attached hydrogens (primary N) is 1. The number of aromatic nitrogens is 2. The second kappa shape index (κ2) is 6.34. The number of hydrogen-bond acceptors (Lipinski definition) is 6. The van der Waals surface area contributed by atoms with Crippen LogP contribution in [-0.4, -0.2) is 41.8 Å². The van der Waals surface area contributed by atoms with E-state index in [-0.39, 0.29) is 12.1 Å². The van der Waals surface area contributed by atoms with E-state index in [1.54, 1.807) is 0 Å². The largest absolute Gasteiger partial charge is 0.367 e. The molecule has 3 rings (SSSR count). The first-order valence-electron chi connectivity index (χ1n) is 7.15. The molecule has 0 aliphatic carbocycles. The second-order valence-electron chi connectivity index (χ2n) is 5.41. The van der Waals surface area contributed by atoms with Gasteiger partial charge in [-0.2, -0.15) is 4.98 Å². The highest BCUT2D eigenvalue weighted by molar-refractivity contribution is 5.16. The first-order valence-corrected chi connectivity index (χ1v) is 7.15. The highest BCUT2D eigenvalue weighted by atomic mass is 16.5. The number of morpholine rings is 1. The Morgan fingerprint density at radius 1 is 1.38 bits per heavy atom. The maximum absolute atomic E-state index is 6.15. The lowest BCUT2D eigenvalue weighted by Gasteiger charge is -2.27. The first kappa shape index (κ1) is 14.2. The van der Waals surface area contributed by atoms with Gasteiger partial charge < -0.3 is 19.9 Å². The smallest absolute Gasteiger partial charge is 0.243 e. The van der Waals surface area contributed by atoms with Crippen molar-refractivity contribution in [2.45, 2.75) is 18.6 Å². The van der Waals surface area contributed by atoms with Gasteiger partial charge in [0.2, 0.25) is 11.7 Å². The van der Waals surface area contributed by atoms with Crippen LogP contribution in [0.5, 0.6) is 0 Å². The molecule has 6 nitrogen and oxygen atoms in total. The number of benzene rings is 1. The minimum Gasteiger partial charge on any atom is -0.367 e. The summed E-state index contributed by atoms with van der Waals surface area (Å²) in [6.07, 6.45) is 0.540. The van der Waals surface area contributed by atoms with Crippen molar-refractivity contribution in [1.82, 2.24) is 15.0 Å². The maximum atomic E-state index is 6.15. The molecule has 21 heavy (non-hydrogen) atoms. The molecule has 1 fully saturated rings. The summed E-state index contributed by atoms with van der Waals surface area (Å²) in [7, 11) is 2.05. The molecule has 0 radical (unpaired) electrons. The summed E-state index contributed by atoms with van der Waals surface area (Å²) in [5.41, 5.74) is 7.30. The van der Waals surface area contributed by atoms with Gasteiger partial charge in [-0.1, -0.05) is 35.5 Å². The predicted octanol–water partition coefficient (Wildman–Crippen LogP) is 1.32. The van der Waals surface area contributed by atoms with Gasteiger partial charge in [-0.15, -0.1) is 0 Å². The standard InChI is InChI=1S/C15H20N4O2/c1-19-7-8-20-13(10-19)14-17-15(21-18-14)12(16)9-11-5-3-2-4-6-11/h2-6,12-13H,7-10,16H2,1H3/t12-,13?/m1/s1. The van der Waals surface area contributed by atoms with Gasteiger partial charge in [0.1, 0.15) is 6.10 Å². The van der Waals surface area contributed by atoms with E-state index < -0.39 is 0 Å². The molecule has 1 aromatic carbocycles. The third kappa shape index (κ3) is 3.47. The fourth-order valence-electron chi connectivity index (χ4n) is 2.42. The zero-order valence-electron chi connectivity index (χ0n) is 12.1. The molecule has 2 aromatic rings. The molecule has 0 bridgehead atoms. The van der Waals surface area contributed by atoms with Crippen LogP contribution in [0.1, 0.15) is 29.4 Å². The van der Waals surface area contributed by atoms with Gasteiger partial charge in [-0.25, -0.2) is 0 Å². The molecule has 1 unspecified atom stereocenters. The lowest BCUT2D eigenvalue weighted by molar-refractivity contribution is -0.0264. The Morgan fingerprint density at radius 3 is 2.95 bits per heavy atom. The molecular weight excluding hydrogens is 268 g/mol. The van der Waals surface area contributed by atoms with Gasteiger partial charge in [0.05, 0.1) is 12.6 Å². The van der Waals surface area contributed by atoms with Crippen molar-refractivity contribution in [1.29, 1.82) is 0 Å². The average Bonchev–Trinajstić information content (AvgIpc) is 2.98. The summed E-state index contributed by atoms with van der Waals surface area (Å²) in [5.74, 6) is 1.05. The summed E-state index contributed by atoms with van der Waals surface area (Å²) in [4.78, 5) is 6.60. The van der Waals surface area contributed by atoms with E-state index in [0.29, 0.717) is 24.7 Å². The fourth-order valence-corrected chi connectivity index (χ4v) is 2.42. The lowest BCUT2D eigenvalue weighted by atomic mass is 10.1. The monoisotopic (exact) mass is 288 g/mol. The molecular formula is C15H20N4O2. The van der Waals surface area contributed by atoms with Gasteiger partial charge in [0.25, 0.3) is 0 Å². The fraction of sp³-hybridized carbons (Fsp3) is 0.467. The van der Waals surface area contributed by atoms with E-state index in [2.05, 4.69) is 22.1 Å². The quantitative estimate of drug-likeness (QED) is 0.914. The highest BCUT2D eigenvalue weighted by Crippen LogP contribution is 2.21. The molecule has 1 saturated heterocycles. The maximum Gasteiger partial charge on any atom is 0.243 e. The van der Waals surface area contributed by atoms with Crippen molar-refractivity contribution in [3.8, 4) is 0 Å². The Morgan fingerprint density at radius 2 is 2.19 bits per heavy atom. The Bertz CT molecular complexity index is 572. The number of likely N-dealkylation sites (N-methyl/N-ethyl adjacent to an activating group) is 1. The van der Waals surface area contributed by atoms with Gasteiger partial charge in [0, 0.05) is 13.1 Å². The Balaban J connectivity index is 1.66. The van der Waals surface area contributed by atoms with Crippen LogP contribution in [0.25, 0.3) is 0 Å². The molecule has 112 valence electrons. The lowest BCUT2D eigenvalue weighted by Crippen LogP contribution is -2.35. The SMILES string of the molecule is CN1CCOC(c2noc([C@H](N)Cc3ccccc3)n2)C1. The van der Waals surface area contributed by atoms with Gasteiger partial charge in [0.15, 0.2) is 0 Å². The zero-order valence-corrected chi connectivity index (χ0v) is 12.1. The number of rotatable bonds is 4. The van der Waals surface area contributed by atoms with Crippen LogP contribution in [0.4, 0.5) is 0 Å². The van der Waals surface area contributed by atoms with Crippen LogP contribution in [0.2, 0.25) is 0 Å². The predicted molar refractivity (Wildman–Crippen MR) is 77.6 cm³/mol. The summed E-state index contributed by atoms with van der Waals surface area (Å²) in [5, 5.41) is 4.02. The van der Waals surface area contributed by atoms with E-state index in [1.807, 2.05) is 30.3 Å². The van der Waals surface area contributed by atoms with Crippen LogP contribution < -0.4 is 5.73 Å². The highest BCUT2D eigenvalue weighted by Gasteiger charge is 2.25. The Labute approximate surface area is 123 Å². The van der Waals surface area contributed by atoms with Crippen LogP contribution in [0.3, 0.4) is 0 Å². The summed E-state index contributed by atoms with van der Waals surface area (Å²) in [6, 6.07) is 9.75. The van der Waals surface area contributed by atoms with Crippen molar-refractivity contribution in [3.05, 3.63) is 47.6 Å². The van der Waals surface area contributed by atoms with E-state index in [9.17, 15) is 0 Å². The zero-order chi connectivity index (χ0) is 14.7. The summed E-state index contributed by atoms with van der Waals surface area (Å²) in [6.45, 7) is 2.38. The van der Waals surface area contributed by atoms with E-state index in [0.717, 1.165) is 18.7 Å². The van der Waals surface area contributed by atoms with E-state index in [1.165, 1.54) is 0 Å². The molecule has 2 N–H and O–H groups in total. The van der Waals surface area contributed by atoms with Crippen LogP contribution >= 0.6 is 0 Å². The van der Waals surface area contributed by atoms with Crippen molar-refractivity contribution in [3.63, 3.8) is 0 Å². The van der Waals surface area contributed by atoms with Gasteiger partial charge >= 0.3 is 0 Å². The molecule has 2 atom stereocenters. The molecule has 6 heteroatoms. The van der Waals surface area contributed by atoms with E-state index in [4.69, 9.17) is 15.0 Å². The molecule has 2 heterocycles. The minimum atomic E-state index is -0.296. The summed E-state index contributed by atoms with van der Waals surface area (Å²) >= 11 is 0. The first-order chi connectivity index (χ1) is 10.2. The number of nitrogens with zero attached hydrogens (tertiary/aromatic N) is 3. The molecule has 0 spiro atoms. The third-order valence-corrected chi connectivity index (χ3v) is 3.63. The van der Waals surface area contributed by atoms with Gasteiger partial charge in [-0.3, -0.25) is 0 Å². The van der Waals surface area contributed by atoms with Crippen LogP contribution in [-0.2, 0) is 11.2 Å². The molecule has 1 aromatic heterocycles. The topological polar surface area (TPSA) is 77.4 Å². The van der Waals surface area contributed by atoms with Crippen molar-refractivity contribution in [2.75, 3.05) is 26.7 Å². The average molecular weight is 288 g/mol. The molecule has 1 aliphatic heterocycles. The molecule has 1 aliphatic rings. The third-order valence-electron chi connectivity index (χ3n) is 3.63. The van der Waals surface area contributed by atoms with E-state index >= 15 is 0 Å². The normalized spacial score (nSPS) is 21.3. The Kier molecular flexibility index (Phi) is 4.28. The molecule has 0 saturated carbocycles.